The number of methoxy groups -OCH3 is 1. The van der Waals surface area contributed by atoms with Gasteiger partial charge in [0.05, 0.1) is 37.0 Å². The van der Waals surface area contributed by atoms with Crippen LogP contribution in [0.2, 0.25) is 0 Å². The predicted molar refractivity (Wildman–Crippen MR) is 169 cm³/mol. The Morgan fingerprint density at radius 1 is 1.04 bits per heavy atom. The number of amidine groups is 1. The number of halogens is 2. The van der Waals surface area contributed by atoms with Gasteiger partial charge in [-0.15, -0.1) is 11.8 Å². The van der Waals surface area contributed by atoms with Crippen LogP contribution in [0.3, 0.4) is 0 Å². The van der Waals surface area contributed by atoms with Gasteiger partial charge in [0.2, 0.25) is 11.6 Å². The molecule has 236 valence electrons. The molecule has 2 heterocycles. The lowest BCUT2D eigenvalue weighted by Crippen LogP contribution is -2.24. The highest BCUT2D eigenvalue weighted by Crippen LogP contribution is 2.39. The molecular weight excluding hydrogens is 614 g/mol. The van der Waals surface area contributed by atoms with Crippen LogP contribution in [0.4, 0.5) is 8.78 Å². The molecule has 0 aliphatic carbocycles. The molecule has 0 bridgehead atoms. The third kappa shape index (κ3) is 7.92. The number of nitriles is 1. The van der Waals surface area contributed by atoms with E-state index in [9.17, 15) is 10.1 Å². The standard InChI is InChI=1S/C34H30F2N4O5S/c1-40-15-14-38-33(40)25-18-24(46-16-6-9-30(41)42-2)11-13-27(25)44-32-26(35)20-39-34(31(32)36)45-29-17-23(19-37)10-12-28(29)43-21-22-7-4-3-5-8-22/h3-5,7-8,10-13,17-18,20H,6,9,14-16,21H2,1-2H3. The monoisotopic (exact) mass is 644 g/mol. The molecule has 0 spiro atoms. The highest BCUT2D eigenvalue weighted by Gasteiger charge is 2.25. The summed E-state index contributed by atoms with van der Waals surface area (Å²) in [6, 6.07) is 21.1. The maximum Gasteiger partial charge on any atom is 0.305 e. The van der Waals surface area contributed by atoms with E-state index in [0.717, 1.165) is 16.7 Å². The number of rotatable bonds is 13. The summed E-state index contributed by atoms with van der Waals surface area (Å²) >= 11 is 1.53. The number of carbonyl (C=O) groups is 1. The van der Waals surface area contributed by atoms with Crippen molar-refractivity contribution in [3.05, 3.63) is 101 Å². The Morgan fingerprint density at radius 2 is 1.85 bits per heavy atom. The lowest BCUT2D eigenvalue weighted by atomic mass is 10.1. The molecule has 9 nitrogen and oxygen atoms in total. The highest BCUT2D eigenvalue weighted by atomic mass is 32.2. The number of benzene rings is 3. The fourth-order valence-corrected chi connectivity index (χ4v) is 5.41. The summed E-state index contributed by atoms with van der Waals surface area (Å²) in [7, 11) is 3.23. The molecule has 1 aromatic heterocycles. The quantitative estimate of drug-likeness (QED) is 0.0854. The maximum atomic E-state index is 15.9. The summed E-state index contributed by atoms with van der Waals surface area (Å²) in [6.07, 6.45) is 1.73. The van der Waals surface area contributed by atoms with Crippen molar-refractivity contribution in [3.63, 3.8) is 0 Å². The second-order valence-corrected chi connectivity index (χ2v) is 11.3. The van der Waals surface area contributed by atoms with E-state index in [-0.39, 0.29) is 35.4 Å². The number of esters is 1. The van der Waals surface area contributed by atoms with Gasteiger partial charge in [-0.1, -0.05) is 30.3 Å². The Kier molecular flexibility index (Phi) is 10.7. The highest BCUT2D eigenvalue weighted by molar-refractivity contribution is 7.99. The van der Waals surface area contributed by atoms with Crippen molar-refractivity contribution in [3.8, 4) is 34.9 Å². The first-order valence-corrected chi connectivity index (χ1v) is 15.3. The number of aromatic nitrogens is 1. The minimum absolute atomic E-state index is 0.0233. The van der Waals surface area contributed by atoms with Crippen LogP contribution < -0.4 is 14.2 Å². The van der Waals surface area contributed by atoms with Gasteiger partial charge in [-0.05, 0) is 48.1 Å². The number of ether oxygens (including phenoxy) is 4. The van der Waals surface area contributed by atoms with Crippen LogP contribution >= 0.6 is 11.8 Å². The molecule has 46 heavy (non-hydrogen) atoms. The van der Waals surface area contributed by atoms with Crippen molar-refractivity contribution in [2.24, 2.45) is 4.99 Å². The molecule has 0 atom stereocenters. The van der Waals surface area contributed by atoms with Crippen molar-refractivity contribution < 1.29 is 32.5 Å². The van der Waals surface area contributed by atoms with E-state index in [4.69, 9.17) is 18.9 Å². The molecule has 3 aromatic carbocycles. The normalized spacial score (nSPS) is 12.3. The number of hydrogen-bond donors (Lipinski definition) is 0. The molecule has 4 aromatic rings. The topological polar surface area (TPSA) is 106 Å². The summed E-state index contributed by atoms with van der Waals surface area (Å²) < 4.78 is 53.2. The first kappa shape index (κ1) is 32.2. The average molecular weight is 645 g/mol. The average Bonchev–Trinajstić information content (AvgIpc) is 3.51. The van der Waals surface area contributed by atoms with E-state index in [1.54, 1.807) is 18.2 Å². The van der Waals surface area contributed by atoms with Gasteiger partial charge >= 0.3 is 5.97 Å². The van der Waals surface area contributed by atoms with Gasteiger partial charge in [0.25, 0.3) is 5.88 Å². The summed E-state index contributed by atoms with van der Waals surface area (Å²) in [5.74, 6) is -2.04. The van der Waals surface area contributed by atoms with Gasteiger partial charge in [0.15, 0.2) is 17.3 Å². The van der Waals surface area contributed by atoms with Crippen molar-refractivity contribution in [2.45, 2.75) is 24.3 Å². The Labute approximate surface area is 269 Å². The minimum atomic E-state index is -1.18. The second-order valence-electron chi connectivity index (χ2n) is 10.1. The summed E-state index contributed by atoms with van der Waals surface area (Å²) in [6.45, 7) is 1.43. The lowest BCUT2D eigenvalue weighted by Gasteiger charge is -2.19. The molecule has 1 aliphatic rings. The zero-order valence-electron chi connectivity index (χ0n) is 25.2. The Bertz CT molecular complexity index is 1780. The van der Waals surface area contributed by atoms with Crippen molar-refractivity contribution in [1.29, 1.82) is 5.26 Å². The third-order valence-electron chi connectivity index (χ3n) is 6.90. The fourth-order valence-electron chi connectivity index (χ4n) is 4.52. The predicted octanol–water partition coefficient (Wildman–Crippen LogP) is 7.13. The van der Waals surface area contributed by atoms with Crippen LogP contribution in [-0.2, 0) is 16.1 Å². The number of thioether (sulfide) groups is 1. The SMILES string of the molecule is COC(=O)CCCSc1ccc(Oc2c(F)cnc(Oc3cc(C#N)ccc3OCc3ccccc3)c2F)c(C2=NCCN2C)c1. The van der Waals surface area contributed by atoms with E-state index in [1.807, 2.05) is 54.4 Å². The summed E-state index contributed by atoms with van der Waals surface area (Å²) in [5, 5.41) is 9.43. The van der Waals surface area contributed by atoms with Crippen molar-refractivity contribution >= 4 is 23.6 Å². The first-order chi connectivity index (χ1) is 22.4. The largest absolute Gasteiger partial charge is 0.485 e. The van der Waals surface area contributed by atoms with Gasteiger partial charge in [-0.25, -0.2) is 9.37 Å². The van der Waals surface area contributed by atoms with E-state index in [0.29, 0.717) is 43.1 Å². The summed E-state index contributed by atoms with van der Waals surface area (Å²) in [5.41, 5.74) is 1.68. The molecule has 0 saturated heterocycles. The zero-order chi connectivity index (χ0) is 32.5. The second kappa shape index (κ2) is 15.2. The third-order valence-corrected chi connectivity index (χ3v) is 7.98. The van der Waals surface area contributed by atoms with Gasteiger partial charge in [0.1, 0.15) is 18.2 Å². The minimum Gasteiger partial charge on any atom is -0.485 e. The molecule has 0 saturated carbocycles. The Morgan fingerprint density at radius 3 is 2.59 bits per heavy atom. The molecule has 0 N–H and O–H groups in total. The van der Waals surface area contributed by atoms with E-state index in [2.05, 4.69) is 9.98 Å². The molecule has 5 rings (SSSR count). The van der Waals surface area contributed by atoms with Crippen LogP contribution in [0.1, 0.15) is 29.5 Å². The fraction of sp³-hybridized carbons (Fsp3) is 0.235. The molecule has 0 amide bonds. The van der Waals surface area contributed by atoms with Crippen LogP contribution in [0.5, 0.6) is 28.9 Å². The molecule has 0 radical (unpaired) electrons. The van der Waals surface area contributed by atoms with E-state index >= 15 is 8.78 Å². The van der Waals surface area contributed by atoms with E-state index < -0.39 is 23.3 Å². The van der Waals surface area contributed by atoms with Crippen LogP contribution in [-0.4, -0.2) is 54.7 Å². The Hall–Kier alpha value is -5.15. The molecule has 0 unspecified atom stereocenters. The smallest absolute Gasteiger partial charge is 0.305 e. The number of aliphatic imine (C=N–C) groups is 1. The van der Waals surface area contributed by atoms with Crippen LogP contribution in [0.25, 0.3) is 0 Å². The molecular formula is C34H30F2N4O5S. The zero-order valence-corrected chi connectivity index (χ0v) is 26.0. The van der Waals surface area contributed by atoms with Gasteiger partial charge < -0.3 is 23.8 Å². The summed E-state index contributed by atoms with van der Waals surface area (Å²) in [4.78, 5) is 22.6. The Balaban J connectivity index is 1.41. The van der Waals surface area contributed by atoms with Gasteiger partial charge in [-0.3, -0.25) is 9.79 Å². The van der Waals surface area contributed by atoms with Gasteiger partial charge in [0, 0.05) is 31.0 Å². The number of carbonyl (C=O) groups excluding carboxylic acids is 1. The number of nitrogens with zero attached hydrogens (tertiary/aromatic N) is 4. The van der Waals surface area contributed by atoms with Crippen LogP contribution in [0.15, 0.2) is 82.8 Å². The molecule has 0 fully saturated rings. The number of likely N-dealkylation sites (N-methyl/N-ethyl adjacent to an activating group) is 1. The van der Waals surface area contributed by atoms with Gasteiger partial charge in [-0.2, -0.15) is 9.65 Å². The maximum absolute atomic E-state index is 15.9. The van der Waals surface area contributed by atoms with Crippen LogP contribution in [0, 0.1) is 23.0 Å². The lowest BCUT2D eigenvalue weighted by molar-refractivity contribution is -0.140. The number of hydrogen-bond acceptors (Lipinski definition) is 10. The molecule has 1 aliphatic heterocycles. The first-order valence-electron chi connectivity index (χ1n) is 14.4. The van der Waals surface area contributed by atoms with Crippen molar-refractivity contribution in [1.82, 2.24) is 9.88 Å². The van der Waals surface area contributed by atoms with E-state index in [1.165, 1.54) is 31.0 Å². The molecule has 12 heteroatoms. The van der Waals surface area contributed by atoms with Crippen molar-refractivity contribution in [2.75, 3.05) is 33.0 Å². The number of pyridine rings is 1.